The van der Waals surface area contributed by atoms with Gasteiger partial charge in [-0.25, -0.2) is 0 Å². The number of rotatable bonds is 7. The van der Waals surface area contributed by atoms with Crippen LogP contribution in [0.4, 0.5) is 0 Å². The maximum atomic E-state index is 11.2. The van der Waals surface area contributed by atoms with Crippen LogP contribution in [0.5, 0.6) is 0 Å². The lowest BCUT2D eigenvalue weighted by Crippen LogP contribution is -2.39. The molecule has 0 bridgehead atoms. The van der Waals surface area contributed by atoms with Crippen LogP contribution in [0.25, 0.3) is 0 Å². The van der Waals surface area contributed by atoms with E-state index < -0.39 is 0 Å². The van der Waals surface area contributed by atoms with Crippen molar-refractivity contribution in [3.8, 4) is 0 Å². The van der Waals surface area contributed by atoms with Crippen LogP contribution in [-0.4, -0.2) is 38.8 Å². The third-order valence-corrected chi connectivity index (χ3v) is 1.68. The normalized spacial score (nSPS) is 12.9. The van der Waals surface area contributed by atoms with Crippen LogP contribution in [0.2, 0.25) is 0 Å². The molecular formula is C10H22N2O2. The average Bonchev–Trinajstić information content (AvgIpc) is 2.02. The van der Waals surface area contributed by atoms with Crippen LogP contribution < -0.4 is 10.6 Å². The summed E-state index contributed by atoms with van der Waals surface area (Å²) in [5.41, 5.74) is 0. The Labute approximate surface area is 86.4 Å². The van der Waals surface area contributed by atoms with Gasteiger partial charge in [0, 0.05) is 26.3 Å². The molecule has 0 saturated heterocycles. The summed E-state index contributed by atoms with van der Waals surface area (Å²) in [5.74, 6) is 0.483. The van der Waals surface area contributed by atoms with Crippen molar-refractivity contribution in [2.75, 3.05) is 26.8 Å². The van der Waals surface area contributed by atoms with Crippen molar-refractivity contribution in [3.63, 3.8) is 0 Å². The van der Waals surface area contributed by atoms with E-state index in [2.05, 4.69) is 17.6 Å². The number of hydrogen-bond donors (Lipinski definition) is 2. The van der Waals surface area contributed by atoms with E-state index in [4.69, 9.17) is 4.74 Å². The third-order valence-electron chi connectivity index (χ3n) is 1.68. The van der Waals surface area contributed by atoms with E-state index in [1.807, 2.05) is 13.8 Å². The molecule has 1 unspecified atom stereocenters. The molecule has 0 aromatic carbocycles. The van der Waals surface area contributed by atoms with E-state index in [1.165, 1.54) is 0 Å². The van der Waals surface area contributed by atoms with Gasteiger partial charge in [0.05, 0.1) is 6.54 Å². The van der Waals surface area contributed by atoms with E-state index in [-0.39, 0.29) is 11.9 Å². The van der Waals surface area contributed by atoms with Crippen molar-refractivity contribution < 1.29 is 9.53 Å². The highest BCUT2D eigenvalue weighted by Crippen LogP contribution is 1.91. The lowest BCUT2D eigenvalue weighted by Gasteiger charge is -2.12. The summed E-state index contributed by atoms with van der Waals surface area (Å²) in [4.78, 5) is 11.2. The first-order valence-corrected chi connectivity index (χ1v) is 5.05. The standard InChI is InChI=1S/C10H22N2O2/c1-8(2)12-10(13)6-11-5-9(3)7-14-4/h8-9,11H,5-7H2,1-4H3,(H,12,13). The van der Waals surface area contributed by atoms with Crippen LogP contribution in [0.1, 0.15) is 20.8 Å². The van der Waals surface area contributed by atoms with Crippen LogP contribution in [0.15, 0.2) is 0 Å². The van der Waals surface area contributed by atoms with E-state index in [1.54, 1.807) is 7.11 Å². The van der Waals surface area contributed by atoms with Crippen LogP contribution in [0, 0.1) is 5.92 Å². The molecule has 0 radical (unpaired) electrons. The third kappa shape index (κ3) is 8.01. The van der Waals surface area contributed by atoms with Gasteiger partial charge in [0.2, 0.25) is 5.91 Å². The quantitative estimate of drug-likeness (QED) is 0.627. The van der Waals surface area contributed by atoms with E-state index in [0.29, 0.717) is 12.5 Å². The smallest absolute Gasteiger partial charge is 0.234 e. The van der Waals surface area contributed by atoms with Gasteiger partial charge in [-0.3, -0.25) is 4.79 Å². The average molecular weight is 202 g/mol. The summed E-state index contributed by atoms with van der Waals surface area (Å²) in [6.07, 6.45) is 0. The zero-order chi connectivity index (χ0) is 11.0. The number of carbonyl (C=O) groups excluding carboxylic acids is 1. The molecule has 0 aliphatic rings. The lowest BCUT2D eigenvalue weighted by molar-refractivity contribution is -0.120. The first kappa shape index (κ1) is 13.4. The molecule has 0 spiro atoms. The fourth-order valence-corrected chi connectivity index (χ4v) is 1.15. The Bertz CT molecular complexity index is 160. The number of amides is 1. The highest BCUT2D eigenvalue weighted by atomic mass is 16.5. The lowest BCUT2D eigenvalue weighted by atomic mass is 10.2. The van der Waals surface area contributed by atoms with Gasteiger partial charge in [-0.1, -0.05) is 6.92 Å². The minimum Gasteiger partial charge on any atom is -0.384 e. The summed E-state index contributed by atoms with van der Waals surface area (Å²) < 4.78 is 4.99. The second-order valence-electron chi connectivity index (χ2n) is 3.91. The largest absolute Gasteiger partial charge is 0.384 e. The molecule has 0 heterocycles. The van der Waals surface area contributed by atoms with Crippen molar-refractivity contribution in [2.24, 2.45) is 5.92 Å². The Kier molecular flexibility index (Phi) is 7.42. The number of hydrogen-bond acceptors (Lipinski definition) is 3. The van der Waals surface area contributed by atoms with Crippen LogP contribution in [-0.2, 0) is 9.53 Å². The summed E-state index contributed by atoms with van der Waals surface area (Å²) in [6.45, 7) is 7.89. The maximum absolute atomic E-state index is 11.2. The molecule has 1 amide bonds. The molecule has 14 heavy (non-hydrogen) atoms. The van der Waals surface area contributed by atoms with Crippen molar-refractivity contribution in [1.82, 2.24) is 10.6 Å². The summed E-state index contributed by atoms with van der Waals surface area (Å²) >= 11 is 0. The Morgan fingerprint density at radius 2 is 2.00 bits per heavy atom. The number of ether oxygens (including phenoxy) is 1. The van der Waals surface area contributed by atoms with Gasteiger partial charge in [-0.15, -0.1) is 0 Å². The van der Waals surface area contributed by atoms with Crippen molar-refractivity contribution in [2.45, 2.75) is 26.8 Å². The molecule has 0 aromatic rings. The van der Waals surface area contributed by atoms with E-state index in [0.717, 1.165) is 13.2 Å². The van der Waals surface area contributed by atoms with Crippen LogP contribution >= 0.6 is 0 Å². The highest BCUT2D eigenvalue weighted by molar-refractivity contribution is 5.78. The Morgan fingerprint density at radius 1 is 1.36 bits per heavy atom. The summed E-state index contributed by atoms with van der Waals surface area (Å²) in [7, 11) is 1.68. The summed E-state index contributed by atoms with van der Waals surface area (Å²) in [6, 6.07) is 0.209. The molecule has 0 fully saturated rings. The minimum atomic E-state index is 0.0459. The molecule has 2 N–H and O–H groups in total. The molecule has 4 heteroatoms. The first-order chi connectivity index (χ1) is 6.56. The fourth-order valence-electron chi connectivity index (χ4n) is 1.15. The number of carbonyl (C=O) groups is 1. The number of methoxy groups -OCH3 is 1. The Hall–Kier alpha value is -0.610. The van der Waals surface area contributed by atoms with Gasteiger partial charge in [0.25, 0.3) is 0 Å². The molecule has 0 aliphatic carbocycles. The molecule has 0 saturated carbocycles. The molecule has 0 rings (SSSR count). The zero-order valence-corrected chi connectivity index (χ0v) is 9.59. The zero-order valence-electron chi connectivity index (χ0n) is 9.59. The minimum absolute atomic E-state index is 0.0459. The predicted octanol–water partition coefficient (Wildman–Crippen LogP) is 0.383. The molecule has 1 atom stereocenters. The second kappa shape index (κ2) is 7.76. The predicted molar refractivity (Wildman–Crippen MR) is 57.2 cm³/mol. The van der Waals surface area contributed by atoms with Gasteiger partial charge in [0.1, 0.15) is 0 Å². The van der Waals surface area contributed by atoms with E-state index >= 15 is 0 Å². The van der Waals surface area contributed by atoms with Gasteiger partial charge in [-0.05, 0) is 19.8 Å². The highest BCUT2D eigenvalue weighted by Gasteiger charge is 2.04. The van der Waals surface area contributed by atoms with Crippen LogP contribution in [0.3, 0.4) is 0 Å². The van der Waals surface area contributed by atoms with Gasteiger partial charge >= 0.3 is 0 Å². The second-order valence-corrected chi connectivity index (χ2v) is 3.91. The Balaban J connectivity index is 3.39. The molecular weight excluding hydrogens is 180 g/mol. The fraction of sp³-hybridized carbons (Fsp3) is 0.900. The summed E-state index contributed by atoms with van der Waals surface area (Å²) in [5, 5.41) is 5.90. The Morgan fingerprint density at radius 3 is 2.50 bits per heavy atom. The van der Waals surface area contributed by atoms with E-state index in [9.17, 15) is 4.79 Å². The first-order valence-electron chi connectivity index (χ1n) is 5.05. The number of nitrogens with one attached hydrogen (secondary N) is 2. The van der Waals surface area contributed by atoms with Crippen molar-refractivity contribution in [1.29, 1.82) is 0 Å². The molecule has 84 valence electrons. The molecule has 4 nitrogen and oxygen atoms in total. The SMILES string of the molecule is COCC(C)CNCC(=O)NC(C)C. The van der Waals surface area contributed by atoms with Gasteiger partial charge < -0.3 is 15.4 Å². The topological polar surface area (TPSA) is 50.4 Å². The monoisotopic (exact) mass is 202 g/mol. The van der Waals surface area contributed by atoms with Crippen molar-refractivity contribution >= 4 is 5.91 Å². The van der Waals surface area contributed by atoms with Gasteiger partial charge in [0.15, 0.2) is 0 Å². The molecule has 0 aromatic heterocycles. The maximum Gasteiger partial charge on any atom is 0.234 e. The molecule has 0 aliphatic heterocycles. The van der Waals surface area contributed by atoms with Crippen molar-refractivity contribution in [3.05, 3.63) is 0 Å². The van der Waals surface area contributed by atoms with Gasteiger partial charge in [-0.2, -0.15) is 0 Å².